The van der Waals surface area contributed by atoms with Crippen LogP contribution in [-0.4, -0.2) is 79.4 Å². The van der Waals surface area contributed by atoms with E-state index in [2.05, 4.69) is 15.5 Å². The average Bonchev–Trinajstić information content (AvgIpc) is 3.02. The molecule has 2 aliphatic heterocycles. The summed E-state index contributed by atoms with van der Waals surface area (Å²) in [7, 11) is 0. The molecule has 2 heterocycles. The third-order valence-electron chi connectivity index (χ3n) is 4.92. The Morgan fingerprint density at radius 3 is 2.38 bits per heavy atom. The second kappa shape index (κ2) is 11.0. The lowest BCUT2D eigenvalue weighted by atomic mass is 10.1. The van der Waals surface area contributed by atoms with Crippen molar-refractivity contribution in [3.63, 3.8) is 0 Å². The fourth-order valence-electron chi connectivity index (χ4n) is 3.37. The molecule has 2 amide bonds. The van der Waals surface area contributed by atoms with Crippen LogP contribution in [0.4, 0.5) is 13.2 Å². The van der Waals surface area contributed by atoms with Gasteiger partial charge in [0.15, 0.2) is 0 Å². The molecule has 0 radical (unpaired) electrons. The van der Waals surface area contributed by atoms with Crippen LogP contribution in [-0.2, 0) is 4.79 Å². The first-order valence-corrected chi connectivity index (χ1v) is 9.01. The second-order valence-electron chi connectivity index (χ2n) is 6.90. The van der Waals surface area contributed by atoms with E-state index in [1.165, 1.54) is 18.2 Å². The zero-order valence-electron chi connectivity index (χ0n) is 15.7. The Morgan fingerprint density at radius 2 is 1.79 bits per heavy atom. The summed E-state index contributed by atoms with van der Waals surface area (Å²) in [5, 5.41) is 5.27. The minimum atomic E-state index is -2.82. The molecule has 1 aromatic carbocycles. The number of piperazine rings is 1. The second-order valence-corrected chi connectivity index (χ2v) is 6.90. The van der Waals surface area contributed by atoms with Gasteiger partial charge in [-0.25, -0.2) is 13.2 Å². The van der Waals surface area contributed by atoms with Crippen LogP contribution in [0.15, 0.2) is 24.3 Å². The number of nitrogens with one attached hydrogen (secondary N) is 2. The largest absolute Gasteiger partial charge is 0.351 e. The molecule has 29 heavy (non-hydrogen) atoms. The summed E-state index contributed by atoms with van der Waals surface area (Å²) in [6.45, 7) is 2.60. The number of amides is 2. The molecule has 2 N–H and O–H groups in total. The Morgan fingerprint density at radius 1 is 1.14 bits per heavy atom. The Bertz CT molecular complexity index is 703. The molecule has 6 nitrogen and oxygen atoms in total. The van der Waals surface area contributed by atoms with E-state index in [-0.39, 0.29) is 36.3 Å². The Hall–Kier alpha value is -1.55. The van der Waals surface area contributed by atoms with Crippen LogP contribution < -0.4 is 10.6 Å². The highest BCUT2D eigenvalue weighted by Crippen LogP contribution is 2.26. The number of carbonyl (C=O) groups is 2. The summed E-state index contributed by atoms with van der Waals surface area (Å²) in [5.41, 5.74) is 0.00813. The van der Waals surface area contributed by atoms with Gasteiger partial charge in [0.25, 0.3) is 11.8 Å². The highest BCUT2D eigenvalue weighted by molar-refractivity contribution is 5.94. The fourth-order valence-corrected chi connectivity index (χ4v) is 3.37. The number of benzene rings is 1. The zero-order chi connectivity index (χ0) is 19.4. The summed E-state index contributed by atoms with van der Waals surface area (Å²) in [5.74, 6) is -4.12. The van der Waals surface area contributed by atoms with Gasteiger partial charge in [0, 0.05) is 45.7 Å². The van der Waals surface area contributed by atoms with Gasteiger partial charge in [0.2, 0.25) is 5.91 Å². The standard InChI is InChI=1S/C18H23F3N4O2.2ClH/c19-14-4-2-1-3-13(14)16(26)22-5-6-24-7-9-25(10-8-24)17(27)15-11-18(20,21)12-23-15;;/h1-4,15,23H,5-12H2,(H,22,26);2*1H. The summed E-state index contributed by atoms with van der Waals surface area (Å²) in [6.07, 6.45) is -0.450. The average molecular weight is 457 g/mol. The van der Waals surface area contributed by atoms with E-state index in [9.17, 15) is 22.8 Å². The molecule has 0 bridgehead atoms. The topological polar surface area (TPSA) is 64.7 Å². The van der Waals surface area contributed by atoms with Crippen molar-refractivity contribution in [2.45, 2.75) is 18.4 Å². The molecule has 0 saturated carbocycles. The smallest absolute Gasteiger partial charge is 0.262 e. The predicted octanol–water partition coefficient (Wildman–Crippen LogP) is 1.54. The normalized spacial score (nSPS) is 21.1. The van der Waals surface area contributed by atoms with E-state index in [1.807, 2.05) is 0 Å². The summed E-state index contributed by atoms with van der Waals surface area (Å²) < 4.78 is 40.0. The highest BCUT2D eigenvalue weighted by Gasteiger charge is 2.43. The third-order valence-corrected chi connectivity index (χ3v) is 4.92. The molecule has 1 atom stereocenters. The fraction of sp³-hybridized carbons (Fsp3) is 0.556. The molecule has 0 aromatic heterocycles. The van der Waals surface area contributed by atoms with Gasteiger partial charge in [-0.15, -0.1) is 24.8 Å². The molecule has 1 aromatic rings. The van der Waals surface area contributed by atoms with Gasteiger partial charge in [-0.2, -0.15) is 0 Å². The molecule has 2 aliphatic rings. The van der Waals surface area contributed by atoms with Crippen LogP contribution in [0, 0.1) is 5.82 Å². The number of hydrogen-bond acceptors (Lipinski definition) is 4. The van der Waals surface area contributed by atoms with Crippen molar-refractivity contribution >= 4 is 36.6 Å². The van der Waals surface area contributed by atoms with Crippen molar-refractivity contribution in [3.05, 3.63) is 35.6 Å². The van der Waals surface area contributed by atoms with E-state index in [0.717, 1.165) is 0 Å². The summed E-state index contributed by atoms with van der Waals surface area (Å²) >= 11 is 0. The van der Waals surface area contributed by atoms with Crippen LogP contribution in [0.25, 0.3) is 0 Å². The minimum absolute atomic E-state index is 0. The van der Waals surface area contributed by atoms with Gasteiger partial charge in [0.1, 0.15) is 5.82 Å². The highest BCUT2D eigenvalue weighted by atomic mass is 35.5. The van der Waals surface area contributed by atoms with Gasteiger partial charge in [-0.1, -0.05) is 12.1 Å². The first kappa shape index (κ1) is 25.5. The van der Waals surface area contributed by atoms with Gasteiger partial charge in [-0.05, 0) is 12.1 Å². The number of alkyl halides is 2. The van der Waals surface area contributed by atoms with E-state index in [1.54, 1.807) is 11.0 Å². The Labute approximate surface area is 180 Å². The molecule has 0 aliphatic carbocycles. The number of carbonyl (C=O) groups excluding carboxylic acids is 2. The lowest BCUT2D eigenvalue weighted by molar-refractivity contribution is -0.135. The molecule has 2 saturated heterocycles. The number of rotatable bonds is 5. The zero-order valence-corrected chi connectivity index (χ0v) is 17.3. The maximum Gasteiger partial charge on any atom is 0.262 e. The van der Waals surface area contributed by atoms with Gasteiger partial charge < -0.3 is 10.2 Å². The van der Waals surface area contributed by atoms with E-state index < -0.39 is 36.7 Å². The maximum absolute atomic E-state index is 13.6. The minimum Gasteiger partial charge on any atom is -0.351 e. The van der Waals surface area contributed by atoms with Gasteiger partial charge in [-0.3, -0.25) is 19.8 Å². The van der Waals surface area contributed by atoms with Crippen molar-refractivity contribution < 1.29 is 22.8 Å². The lowest BCUT2D eigenvalue weighted by Crippen LogP contribution is -2.53. The molecular formula is C18H25Cl2F3N4O2. The maximum atomic E-state index is 13.6. The Kier molecular flexibility index (Phi) is 9.67. The Balaban J connectivity index is 0.00000210. The van der Waals surface area contributed by atoms with Gasteiger partial charge in [0.05, 0.1) is 18.2 Å². The van der Waals surface area contributed by atoms with Crippen LogP contribution >= 0.6 is 24.8 Å². The first-order chi connectivity index (χ1) is 12.9. The van der Waals surface area contributed by atoms with Crippen molar-refractivity contribution in [3.8, 4) is 0 Å². The van der Waals surface area contributed by atoms with Crippen molar-refractivity contribution in [1.29, 1.82) is 0 Å². The van der Waals surface area contributed by atoms with Crippen LogP contribution in [0.3, 0.4) is 0 Å². The van der Waals surface area contributed by atoms with E-state index >= 15 is 0 Å². The van der Waals surface area contributed by atoms with Crippen molar-refractivity contribution in [1.82, 2.24) is 20.4 Å². The SMILES string of the molecule is Cl.Cl.O=C(NCCN1CCN(C(=O)C2CC(F)(F)CN2)CC1)c1ccccc1F. The van der Waals surface area contributed by atoms with Crippen molar-refractivity contribution in [2.24, 2.45) is 0 Å². The van der Waals surface area contributed by atoms with Crippen LogP contribution in [0.1, 0.15) is 16.8 Å². The van der Waals surface area contributed by atoms with Crippen LogP contribution in [0.2, 0.25) is 0 Å². The molecule has 164 valence electrons. The first-order valence-electron chi connectivity index (χ1n) is 9.01. The number of hydrogen-bond donors (Lipinski definition) is 2. The van der Waals surface area contributed by atoms with Gasteiger partial charge >= 0.3 is 0 Å². The third kappa shape index (κ3) is 6.74. The summed E-state index contributed by atoms with van der Waals surface area (Å²) in [4.78, 5) is 27.9. The van der Waals surface area contributed by atoms with E-state index in [4.69, 9.17) is 0 Å². The molecular weight excluding hydrogens is 432 g/mol. The lowest BCUT2D eigenvalue weighted by Gasteiger charge is -2.35. The molecule has 11 heteroatoms. The quantitative estimate of drug-likeness (QED) is 0.705. The summed E-state index contributed by atoms with van der Waals surface area (Å²) in [6, 6.07) is 4.97. The predicted molar refractivity (Wildman–Crippen MR) is 108 cm³/mol. The van der Waals surface area contributed by atoms with E-state index in [0.29, 0.717) is 39.3 Å². The number of halogens is 5. The molecule has 2 fully saturated rings. The van der Waals surface area contributed by atoms with Crippen LogP contribution in [0.5, 0.6) is 0 Å². The number of nitrogens with zero attached hydrogens (tertiary/aromatic N) is 2. The molecule has 0 spiro atoms. The van der Waals surface area contributed by atoms with Crippen molar-refractivity contribution in [2.75, 3.05) is 45.8 Å². The molecule has 1 unspecified atom stereocenters. The molecule has 3 rings (SSSR count). The monoisotopic (exact) mass is 456 g/mol.